The summed E-state index contributed by atoms with van der Waals surface area (Å²) in [6.45, 7) is 0. The van der Waals surface area contributed by atoms with Crippen LogP contribution >= 0.6 is 35.1 Å². The molecule has 0 fully saturated rings. The van der Waals surface area contributed by atoms with Crippen LogP contribution in [-0.4, -0.2) is 4.98 Å². The second-order valence-corrected chi connectivity index (χ2v) is 8.32. The molecule has 1 aliphatic carbocycles. The van der Waals surface area contributed by atoms with E-state index in [2.05, 4.69) is 53.9 Å². The maximum atomic E-state index is 5.04. The molecule has 25 heavy (non-hydrogen) atoms. The Hall–Kier alpha value is -1.68. The number of benzene rings is 1. The maximum Gasteiger partial charge on any atom is 0.125 e. The van der Waals surface area contributed by atoms with Gasteiger partial charge in [0, 0.05) is 26.3 Å². The van der Waals surface area contributed by atoms with Gasteiger partial charge in [0.1, 0.15) is 4.83 Å². The third kappa shape index (κ3) is 2.91. The summed E-state index contributed by atoms with van der Waals surface area (Å²) < 4.78 is 0. The van der Waals surface area contributed by atoms with E-state index in [-0.39, 0.29) is 12.4 Å². The minimum absolute atomic E-state index is 0. The summed E-state index contributed by atoms with van der Waals surface area (Å²) in [6, 6.07) is 17.2. The highest BCUT2D eigenvalue weighted by molar-refractivity contribution is 7.19. The lowest BCUT2D eigenvalue weighted by molar-refractivity contribution is 0.700. The minimum atomic E-state index is 0. The van der Waals surface area contributed by atoms with Crippen molar-refractivity contribution >= 4 is 45.3 Å². The van der Waals surface area contributed by atoms with Crippen molar-refractivity contribution in [2.75, 3.05) is 0 Å². The van der Waals surface area contributed by atoms with Gasteiger partial charge in [0.2, 0.25) is 0 Å². The van der Waals surface area contributed by atoms with Crippen LogP contribution < -0.4 is 0 Å². The van der Waals surface area contributed by atoms with Gasteiger partial charge in [-0.15, -0.1) is 35.1 Å². The van der Waals surface area contributed by atoms with Crippen molar-refractivity contribution in [3.8, 4) is 21.7 Å². The molecule has 4 heteroatoms. The zero-order chi connectivity index (χ0) is 15.9. The lowest BCUT2D eigenvalue weighted by atomic mass is 9.94. The molecule has 0 unspecified atom stereocenters. The molecule has 0 radical (unpaired) electrons. The van der Waals surface area contributed by atoms with Crippen molar-refractivity contribution in [2.24, 2.45) is 0 Å². The summed E-state index contributed by atoms with van der Waals surface area (Å²) in [5.74, 6) is 0. The zero-order valence-electron chi connectivity index (χ0n) is 13.7. The van der Waals surface area contributed by atoms with E-state index in [1.165, 1.54) is 51.9 Å². The van der Waals surface area contributed by atoms with Crippen LogP contribution in [0.5, 0.6) is 0 Å². The van der Waals surface area contributed by atoms with Gasteiger partial charge in [0.05, 0.1) is 5.69 Å². The molecule has 0 saturated carbocycles. The molecule has 0 saturated heterocycles. The molecule has 1 aromatic carbocycles. The fourth-order valence-electron chi connectivity index (χ4n) is 3.64. The quantitative estimate of drug-likeness (QED) is 0.363. The average Bonchev–Trinajstić information content (AvgIpc) is 3.29. The average molecular weight is 384 g/mol. The first-order valence-corrected chi connectivity index (χ1v) is 10.1. The van der Waals surface area contributed by atoms with E-state index in [0.29, 0.717) is 0 Å². The number of nitrogens with zero attached hydrogens (tertiary/aromatic N) is 1. The molecule has 1 aliphatic rings. The van der Waals surface area contributed by atoms with Gasteiger partial charge in [-0.25, -0.2) is 4.98 Å². The first kappa shape index (κ1) is 16.8. The molecule has 126 valence electrons. The second kappa shape index (κ2) is 6.91. The molecule has 0 bridgehead atoms. The number of aryl methyl sites for hydroxylation is 2. The van der Waals surface area contributed by atoms with Crippen LogP contribution in [0.3, 0.4) is 0 Å². The number of thiophene rings is 2. The molecular weight excluding hydrogens is 366 g/mol. The summed E-state index contributed by atoms with van der Waals surface area (Å²) >= 11 is 3.74. The van der Waals surface area contributed by atoms with Crippen LogP contribution in [0.4, 0.5) is 0 Å². The summed E-state index contributed by atoms with van der Waals surface area (Å²) in [5.41, 5.74) is 5.22. The summed E-state index contributed by atoms with van der Waals surface area (Å²) in [5, 5.41) is 3.58. The number of aromatic nitrogens is 1. The normalized spacial score (nSPS) is 13.4. The van der Waals surface area contributed by atoms with Crippen LogP contribution in [0.25, 0.3) is 31.9 Å². The van der Waals surface area contributed by atoms with E-state index in [1.54, 1.807) is 10.4 Å². The van der Waals surface area contributed by atoms with Crippen LogP contribution in [-0.2, 0) is 12.8 Å². The van der Waals surface area contributed by atoms with Gasteiger partial charge in [-0.2, -0.15) is 0 Å². The van der Waals surface area contributed by atoms with E-state index in [1.807, 2.05) is 22.7 Å². The predicted molar refractivity (Wildman–Crippen MR) is 112 cm³/mol. The highest BCUT2D eigenvalue weighted by Gasteiger charge is 2.21. The van der Waals surface area contributed by atoms with Crippen molar-refractivity contribution in [1.29, 1.82) is 0 Å². The Morgan fingerprint density at radius 1 is 0.920 bits per heavy atom. The Morgan fingerprint density at radius 3 is 2.56 bits per heavy atom. The molecule has 5 rings (SSSR count). The number of hydrogen-bond donors (Lipinski definition) is 0. The topological polar surface area (TPSA) is 12.9 Å². The van der Waals surface area contributed by atoms with Gasteiger partial charge in [0.25, 0.3) is 0 Å². The van der Waals surface area contributed by atoms with Crippen LogP contribution in [0.1, 0.15) is 23.3 Å². The van der Waals surface area contributed by atoms with Gasteiger partial charge in [0.15, 0.2) is 0 Å². The molecule has 3 aromatic heterocycles. The molecular formula is C21H18ClNS2. The standard InChI is InChI=1S/C21H17NS2.ClH/c1-2-7-14(8-3-1)17-13-16(18-11-6-12-23-18)20-15-9-4-5-10-19(15)24-21(20)22-17;/h1-3,6-8,11-13H,4-5,9-10H2;1H. The minimum Gasteiger partial charge on any atom is -0.237 e. The summed E-state index contributed by atoms with van der Waals surface area (Å²) in [4.78, 5) is 9.17. The van der Waals surface area contributed by atoms with Crippen molar-refractivity contribution in [3.05, 3.63) is 64.4 Å². The summed E-state index contributed by atoms with van der Waals surface area (Å²) in [6.07, 6.45) is 5.06. The van der Waals surface area contributed by atoms with E-state index in [0.717, 1.165) is 5.69 Å². The lowest BCUT2D eigenvalue weighted by Gasteiger charge is -2.12. The Kier molecular flexibility index (Phi) is 4.63. The molecule has 0 aliphatic heterocycles. The molecule has 0 spiro atoms. The Labute approximate surface area is 161 Å². The predicted octanol–water partition coefficient (Wildman–Crippen LogP) is 6.99. The Morgan fingerprint density at radius 2 is 1.76 bits per heavy atom. The largest absolute Gasteiger partial charge is 0.237 e. The van der Waals surface area contributed by atoms with Crippen LogP contribution in [0.15, 0.2) is 53.9 Å². The van der Waals surface area contributed by atoms with Crippen molar-refractivity contribution in [2.45, 2.75) is 25.7 Å². The first-order chi connectivity index (χ1) is 11.9. The first-order valence-electron chi connectivity index (χ1n) is 8.45. The van der Waals surface area contributed by atoms with Gasteiger partial charge in [-0.3, -0.25) is 0 Å². The molecule has 0 amide bonds. The van der Waals surface area contributed by atoms with Crippen molar-refractivity contribution in [1.82, 2.24) is 4.98 Å². The van der Waals surface area contributed by atoms with E-state index < -0.39 is 0 Å². The monoisotopic (exact) mass is 383 g/mol. The zero-order valence-corrected chi connectivity index (χ0v) is 16.1. The highest BCUT2D eigenvalue weighted by Crippen LogP contribution is 2.43. The third-order valence-electron chi connectivity index (χ3n) is 4.78. The van der Waals surface area contributed by atoms with Crippen LogP contribution in [0, 0.1) is 0 Å². The Bertz CT molecular complexity index is 1000. The highest BCUT2D eigenvalue weighted by atomic mass is 35.5. The molecule has 0 atom stereocenters. The van der Waals surface area contributed by atoms with Gasteiger partial charge >= 0.3 is 0 Å². The van der Waals surface area contributed by atoms with Crippen LogP contribution in [0.2, 0.25) is 0 Å². The number of rotatable bonds is 2. The number of halogens is 1. The second-order valence-electron chi connectivity index (χ2n) is 6.29. The number of pyridine rings is 1. The van der Waals surface area contributed by atoms with Gasteiger partial charge in [-0.05, 0) is 48.8 Å². The van der Waals surface area contributed by atoms with Crippen molar-refractivity contribution in [3.63, 3.8) is 0 Å². The summed E-state index contributed by atoms with van der Waals surface area (Å²) in [7, 11) is 0. The Balaban J connectivity index is 0.00000157. The third-order valence-corrected chi connectivity index (χ3v) is 6.87. The maximum absolute atomic E-state index is 5.04. The van der Waals surface area contributed by atoms with Gasteiger partial charge in [-0.1, -0.05) is 36.4 Å². The lowest BCUT2D eigenvalue weighted by Crippen LogP contribution is -1.98. The molecule has 4 aromatic rings. The number of hydrogen-bond acceptors (Lipinski definition) is 3. The van der Waals surface area contributed by atoms with E-state index >= 15 is 0 Å². The van der Waals surface area contributed by atoms with E-state index in [9.17, 15) is 0 Å². The van der Waals surface area contributed by atoms with E-state index in [4.69, 9.17) is 4.98 Å². The molecule has 1 nitrogen and oxygen atoms in total. The van der Waals surface area contributed by atoms with Gasteiger partial charge < -0.3 is 0 Å². The fourth-order valence-corrected chi connectivity index (χ4v) is 5.68. The molecule has 3 heterocycles. The fraction of sp³-hybridized carbons (Fsp3) is 0.190. The van der Waals surface area contributed by atoms with Crippen molar-refractivity contribution < 1.29 is 0 Å². The smallest absolute Gasteiger partial charge is 0.125 e. The SMILES string of the molecule is Cl.c1ccc(-c2cc(-c3cccs3)c3c4c(sc3n2)CCCC4)cc1. The number of fused-ring (bicyclic) bond motifs is 3. The molecule has 0 N–H and O–H groups in total.